The van der Waals surface area contributed by atoms with Gasteiger partial charge in [-0.15, -0.1) is 0 Å². The van der Waals surface area contributed by atoms with Crippen LogP contribution in [0.2, 0.25) is 0 Å². The predicted octanol–water partition coefficient (Wildman–Crippen LogP) is 3.93. The van der Waals surface area contributed by atoms with Gasteiger partial charge in [-0.05, 0) is 23.5 Å². The number of carboxylic acid groups (broad SMARTS) is 1. The normalized spacial score (nSPS) is 14.1. The van der Waals surface area contributed by atoms with Crippen molar-refractivity contribution in [1.29, 1.82) is 0 Å². The van der Waals surface area contributed by atoms with E-state index in [1.807, 2.05) is 37.3 Å². The van der Waals surface area contributed by atoms with E-state index >= 15 is 0 Å². The SMILES string of the molecule is C=CCOC(=O)C(CC(C)c1ccccc1)(C(=O)O)c1ccccc1. The lowest BCUT2D eigenvalue weighted by molar-refractivity contribution is -0.161. The molecule has 0 fully saturated rings. The lowest BCUT2D eigenvalue weighted by Crippen LogP contribution is -2.46. The summed E-state index contributed by atoms with van der Waals surface area (Å²) in [6.07, 6.45) is 1.53. The Labute approximate surface area is 147 Å². The molecule has 0 aliphatic heterocycles. The number of benzene rings is 2. The van der Waals surface area contributed by atoms with Gasteiger partial charge in [-0.25, -0.2) is 0 Å². The Balaban J connectivity index is 2.48. The smallest absolute Gasteiger partial charge is 0.328 e. The maximum atomic E-state index is 12.8. The van der Waals surface area contributed by atoms with Crippen LogP contribution in [0.25, 0.3) is 0 Å². The van der Waals surface area contributed by atoms with Crippen LogP contribution in [0.1, 0.15) is 30.4 Å². The van der Waals surface area contributed by atoms with Crippen molar-refractivity contribution in [2.24, 2.45) is 0 Å². The Bertz CT molecular complexity index is 724. The molecule has 0 spiro atoms. The third-order valence-electron chi connectivity index (χ3n) is 4.29. The van der Waals surface area contributed by atoms with E-state index in [0.29, 0.717) is 5.56 Å². The molecule has 2 aromatic carbocycles. The molecule has 0 heterocycles. The van der Waals surface area contributed by atoms with Crippen molar-refractivity contribution in [3.63, 3.8) is 0 Å². The summed E-state index contributed by atoms with van der Waals surface area (Å²) in [6, 6.07) is 18.1. The standard InChI is InChI=1S/C21H22O4/c1-3-14-25-20(24)21(19(22)23,18-12-8-5-9-13-18)15-16(2)17-10-6-4-7-11-17/h3-13,16H,1,14-15H2,2H3,(H,22,23). The molecule has 2 rings (SSSR count). The van der Waals surface area contributed by atoms with Gasteiger partial charge in [0.25, 0.3) is 0 Å². The van der Waals surface area contributed by atoms with Crippen molar-refractivity contribution in [1.82, 2.24) is 0 Å². The Hall–Kier alpha value is -2.88. The molecule has 1 N–H and O–H groups in total. The van der Waals surface area contributed by atoms with Gasteiger partial charge in [0.05, 0.1) is 0 Å². The second kappa shape index (κ2) is 8.29. The van der Waals surface area contributed by atoms with Crippen molar-refractivity contribution >= 4 is 11.9 Å². The highest BCUT2D eigenvalue weighted by molar-refractivity contribution is 6.05. The molecule has 0 aromatic heterocycles. The van der Waals surface area contributed by atoms with Crippen molar-refractivity contribution in [2.45, 2.75) is 24.7 Å². The van der Waals surface area contributed by atoms with E-state index in [2.05, 4.69) is 6.58 Å². The monoisotopic (exact) mass is 338 g/mol. The van der Waals surface area contributed by atoms with Crippen LogP contribution in [0.15, 0.2) is 73.3 Å². The number of esters is 1. The summed E-state index contributed by atoms with van der Waals surface area (Å²) in [5.41, 5.74) is -0.376. The number of hydrogen-bond donors (Lipinski definition) is 1. The van der Waals surface area contributed by atoms with Crippen LogP contribution in [0, 0.1) is 0 Å². The predicted molar refractivity (Wildman–Crippen MR) is 96.4 cm³/mol. The summed E-state index contributed by atoms with van der Waals surface area (Å²) in [6.45, 7) is 5.40. The molecule has 130 valence electrons. The van der Waals surface area contributed by atoms with E-state index < -0.39 is 17.4 Å². The minimum Gasteiger partial charge on any atom is -0.480 e. The first-order valence-corrected chi connectivity index (χ1v) is 8.14. The summed E-state index contributed by atoms with van der Waals surface area (Å²) in [7, 11) is 0. The van der Waals surface area contributed by atoms with E-state index in [0.717, 1.165) is 5.56 Å². The molecule has 2 aromatic rings. The van der Waals surface area contributed by atoms with Crippen LogP contribution in [-0.4, -0.2) is 23.7 Å². The van der Waals surface area contributed by atoms with E-state index in [1.165, 1.54) is 6.08 Å². The molecular formula is C21H22O4. The zero-order valence-electron chi connectivity index (χ0n) is 14.2. The van der Waals surface area contributed by atoms with Gasteiger partial charge >= 0.3 is 11.9 Å². The third kappa shape index (κ3) is 3.97. The molecule has 2 atom stereocenters. The Morgan fingerprint density at radius 3 is 2.20 bits per heavy atom. The number of carbonyl (C=O) groups is 2. The second-order valence-electron chi connectivity index (χ2n) is 5.98. The molecule has 0 amide bonds. The molecule has 0 radical (unpaired) electrons. The molecule has 0 saturated heterocycles. The van der Waals surface area contributed by atoms with Gasteiger partial charge < -0.3 is 9.84 Å². The molecular weight excluding hydrogens is 316 g/mol. The first-order valence-electron chi connectivity index (χ1n) is 8.14. The van der Waals surface area contributed by atoms with Gasteiger partial charge in [-0.1, -0.05) is 80.2 Å². The highest BCUT2D eigenvalue weighted by Crippen LogP contribution is 2.37. The lowest BCUT2D eigenvalue weighted by Gasteiger charge is -2.30. The highest BCUT2D eigenvalue weighted by Gasteiger charge is 2.50. The fraction of sp³-hybridized carbons (Fsp3) is 0.238. The van der Waals surface area contributed by atoms with Crippen molar-refractivity contribution < 1.29 is 19.4 Å². The first-order chi connectivity index (χ1) is 12.0. The number of hydrogen-bond acceptors (Lipinski definition) is 3. The zero-order chi connectivity index (χ0) is 18.3. The quantitative estimate of drug-likeness (QED) is 0.450. The maximum absolute atomic E-state index is 12.8. The number of rotatable bonds is 8. The van der Waals surface area contributed by atoms with E-state index in [9.17, 15) is 14.7 Å². The molecule has 4 heteroatoms. The van der Waals surface area contributed by atoms with Gasteiger partial charge in [0.1, 0.15) is 6.61 Å². The van der Waals surface area contributed by atoms with Crippen LogP contribution in [0.4, 0.5) is 0 Å². The first kappa shape index (κ1) is 18.5. The molecule has 0 aliphatic rings. The second-order valence-corrected chi connectivity index (χ2v) is 5.98. The molecule has 2 unspecified atom stereocenters. The van der Waals surface area contributed by atoms with Gasteiger partial charge in [0.2, 0.25) is 0 Å². The number of carbonyl (C=O) groups excluding carboxylic acids is 1. The van der Waals surface area contributed by atoms with Crippen LogP contribution in [0.3, 0.4) is 0 Å². The van der Waals surface area contributed by atoms with Crippen LogP contribution >= 0.6 is 0 Å². The molecule has 25 heavy (non-hydrogen) atoms. The van der Waals surface area contributed by atoms with Crippen molar-refractivity contribution in [3.05, 3.63) is 84.4 Å². The molecule has 0 saturated carbocycles. The lowest BCUT2D eigenvalue weighted by atomic mass is 9.72. The van der Waals surface area contributed by atoms with Gasteiger partial charge in [0, 0.05) is 0 Å². The van der Waals surface area contributed by atoms with E-state index in [4.69, 9.17) is 4.74 Å². The zero-order valence-corrected chi connectivity index (χ0v) is 14.2. The summed E-state index contributed by atoms with van der Waals surface area (Å²) in [5, 5.41) is 10.0. The Kier molecular flexibility index (Phi) is 6.12. The fourth-order valence-electron chi connectivity index (χ4n) is 2.96. The maximum Gasteiger partial charge on any atom is 0.328 e. The number of ether oxygens (including phenoxy) is 1. The van der Waals surface area contributed by atoms with Crippen molar-refractivity contribution in [2.75, 3.05) is 6.61 Å². The highest BCUT2D eigenvalue weighted by atomic mass is 16.5. The Morgan fingerprint density at radius 1 is 1.12 bits per heavy atom. The van der Waals surface area contributed by atoms with Gasteiger partial charge in [-0.2, -0.15) is 0 Å². The summed E-state index contributed by atoms with van der Waals surface area (Å²) < 4.78 is 5.17. The molecule has 0 aliphatic carbocycles. The topological polar surface area (TPSA) is 63.6 Å². The summed E-state index contributed by atoms with van der Waals surface area (Å²) in [4.78, 5) is 25.0. The summed E-state index contributed by atoms with van der Waals surface area (Å²) in [5.74, 6) is -2.13. The molecule has 4 nitrogen and oxygen atoms in total. The third-order valence-corrected chi connectivity index (χ3v) is 4.29. The number of carboxylic acids is 1. The van der Waals surface area contributed by atoms with Gasteiger partial charge in [0.15, 0.2) is 5.41 Å². The average molecular weight is 338 g/mol. The average Bonchev–Trinajstić information content (AvgIpc) is 2.65. The largest absolute Gasteiger partial charge is 0.480 e. The Morgan fingerprint density at radius 2 is 1.68 bits per heavy atom. The molecule has 0 bridgehead atoms. The van der Waals surface area contributed by atoms with Crippen LogP contribution in [0.5, 0.6) is 0 Å². The minimum atomic E-state index is -1.76. The van der Waals surface area contributed by atoms with Gasteiger partial charge in [-0.3, -0.25) is 9.59 Å². The van der Waals surface area contributed by atoms with Crippen molar-refractivity contribution in [3.8, 4) is 0 Å². The minimum absolute atomic E-state index is 0.0274. The number of aliphatic carboxylic acids is 1. The van der Waals surface area contributed by atoms with E-state index in [1.54, 1.807) is 30.3 Å². The fourth-order valence-corrected chi connectivity index (χ4v) is 2.96. The summed E-state index contributed by atoms with van der Waals surface area (Å²) >= 11 is 0. The van der Waals surface area contributed by atoms with E-state index in [-0.39, 0.29) is 18.9 Å². The van der Waals surface area contributed by atoms with Crippen LogP contribution in [-0.2, 0) is 19.7 Å². The van der Waals surface area contributed by atoms with Crippen LogP contribution < -0.4 is 0 Å².